The van der Waals surface area contributed by atoms with E-state index in [0.29, 0.717) is 11.6 Å². The lowest BCUT2D eigenvalue weighted by molar-refractivity contribution is 0.111. The Labute approximate surface area is 89.3 Å². The molecule has 1 fully saturated rings. The summed E-state index contributed by atoms with van der Waals surface area (Å²) in [4.78, 5) is 21.0. The number of rotatable bonds is 2. The Balaban J connectivity index is 2.11. The van der Waals surface area contributed by atoms with E-state index in [4.69, 9.17) is 0 Å². The fourth-order valence-electron chi connectivity index (χ4n) is 1.98. The minimum absolute atomic E-state index is 0.485. The normalized spacial score (nSPS) is 19.0. The summed E-state index contributed by atoms with van der Waals surface area (Å²) >= 11 is 0. The average molecular weight is 205 g/mol. The van der Waals surface area contributed by atoms with Gasteiger partial charge in [0.15, 0.2) is 6.29 Å². The van der Waals surface area contributed by atoms with Crippen LogP contribution in [-0.4, -0.2) is 41.3 Å². The molecule has 0 aromatic carbocycles. The molecular formula is C11H15N3O. The van der Waals surface area contributed by atoms with Gasteiger partial charge in [-0.2, -0.15) is 0 Å². The van der Waals surface area contributed by atoms with Gasteiger partial charge in [0, 0.05) is 11.6 Å². The highest BCUT2D eigenvalue weighted by molar-refractivity contribution is 5.71. The molecule has 0 spiro atoms. The van der Waals surface area contributed by atoms with Gasteiger partial charge < -0.3 is 4.90 Å². The molecule has 1 aromatic rings. The van der Waals surface area contributed by atoms with Gasteiger partial charge in [-0.15, -0.1) is 0 Å². The molecule has 0 amide bonds. The van der Waals surface area contributed by atoms with Crippen molar-refractivity contribution in [1.82, 2.24) is 14.9 Å². The molecule has 1 saturated heterocycles. The number of aldehydes is 1. The van der Waals surface area contributed by atoms with Gasteiger partial charge in [0.25, 0.3) is 0 Å². The molecule has 1 aliphatic heterocycles. The molecule has 15 heavy (non-hydrogen) atoms. The number of aromatic nitrogens is 2. The standard InChI is InChI=1S/C11H15N3O/c1-14-4-2-9(3-5-14)11-6-10(7-15)12-8-13-11/h6-9H,2-5H2,1H3. The van der Waals surface area contributed by atoms with Crippen molar-refractivity contribution in [2.75, 3.05) is 20.1 Å². The van der Waals surface area contributed by atoms with Gasteiger partial charge in [-0.25, -0.2) is 9.97 Å². The highest BCUT2D eigenvalue weighted by atomic mass is 16.1. The monoisotopic (exact) mass is 205 g/mol. The quantitative estimate of drug-likeness (QED) is 0.678. The second-order valence-electron chi connectivity index (χ2n) is 4.06. The van der Waals surface area contributed by atoms with Crippen molar-refractivity contribution < 1.29 is 4.79 Å². The summed E-state index contributed by atoms with van der Waals surface area (Å²) in [5, 5.41) is 0. The molecule has 0 N–H and O–H groups in total. The zero-order valence-electron chi connectivity index (χ0n) is 8.89. The molecule has 80 valence electrons. The van der Waals surface area contributed by atoms with Crippen LogP contribution in [0.1, 0.15) is 34.9 Å². The lowest BCUT2D eigenvalue weighted by Gasteiger charge is -2.28. The number of nitrogens with zero attached hydrogens (tertiary/aromatic N) is 3. The molecule has 0 saturated carbocycles. The van der Waals surface area contributed by atoms with Crippen LogP contribution in [0.15, 0.2) is 12.4 Å². The predicted octanol–water partition coefficient (Wildman–Crippen LogP) is 1.10. The highest BCUT2D eigenvalue weighted by Crippen LogP contribution is 2.25. The Bertz CT molecular complexity index is 345. The fraction of sp³-hybridized carbons (Fsp3) is 0.545. The van der Waals surface area contributed by atoms with E-state index in [1.807, 2.05) is 6.07 Å². The van der Waals surface area contributed by atoms with Crippen LogP contribution in [0.5, 0.6) is 0 Å². The molecule has 0 atom stereocenters. The highest BCUT2D eigenvalue weighted by Gasteiger charge is 2.19. The van der Waals surface area contributed by atoms with Crippen molar-refractivity contribution >= 4 is 6.29 Å². The van der Waals surface area contributed by atoms with E-state index in [1.54, 1.807) is 0 Å². The Morgan fingerprint density at radius 3 is 2.80 bits per heavy atom. The van der Waals surface area contributed by atoms with E-state index in [0.717, 1.165) is 37.9 Å². The molecular weight excluding hydrogens is 190 g/mol. The zero-order valence-corrected chi connectivity index (χ0v) is 8.89. The topological polar surface area (TPSA) is 46.1 Å². The van der Waals surface area contributed by atoms with Crippen LogP contribution in [0.4, 0.5) is 0 Å². The van der Waals surface area contributed by atoms with Gasteiger partial charge in [-0.1, -0.05) is 0 Å². The first-order valence-corrected chi connectivity index (χ1v) is 5.25. The summed E-state index contributed by atoms with van der Waals surface area (Å²) in [6.07, 6.45) is 4.50. The average Bonchev–Trinajstić information content (AvgIpc) is 2.30. The minimum Gasteiger partial charge on any atom is -0.306 e. The van der Waals surface area contributed by atoms with Gasteiger partial charge in [0.2, 0.25) is 0 Å². The van der Waals surface area contributed by atoms with Gasteiger partial charge >= 0.3 is 0 Å². The van der Waals surface area contributed by atoms with Crippen LogP contribution in [0.25, 0.3) is 0 Å². The molecule has 2 heterocycles. The lowest BCUT2D eigenvalue weighted by Crippen LogP contribution is -2.29. The van der Waals surface area contributed by atoms with Crippen molar-refractivity contribution in [1.29, 1.82) is 0 Å². The Kier molecular flexibility index (Phi) is 3.06. The van der Waals surface area contributed by atoms with Gasteiger partial charge in [-0.05, 0) is 39.0 Å². The minimum atomic E-state index is 0.485. The molecule has 1 aromatic heterocycles. The number of carbonyl (C=O) groups excluding carboxylic acids is 1. The van der Waals surface area contributed by atoms with Crippen LogP contribution in [0, 0.1) is 0 Å². The van der Waals surface area contributed by atoms with E-state index in [2.05, 4.69) is 21.9 Å². The first-order chi connectivity index (χ1) is 7.29. The third-order valence-electron chi connectivity index (χ3n) is 2.97. The summed E-state index contributed by atoms with van der Waals surface area (Å²) in [6, 6.07) is 1.81. The SMILES string of the molecule is CN1CCC(c2cc(C=O)ncn2)CC1. The summed E-state index contributed by atoms with van der Waals surface area (Å²) in [5.74, 6) is 0.489. The van der Waals surface area contributed by atoms with Crippen LogP contribution >= 0.6 is 0 Å². The Hall–Kier alpha value is -1.29. The Morgan fingerprint density at radius 1 is 1.40 bits per heavy atom. The van der Waals surface area contributed by atoms with E-state index in [9.17, 15) is 4.79 Å². The summed E-state index contributed by atoms with van der Waals surface area (Å²) in [7, 11) is 2.13. The molecule has 0 bridgehead atoms. The summed E-state index contributed by atoms with van der Waals surface area (Å²) < 4.78 is 0. The maximum absolute atomic E-state index is 10.6. The van der Waals surface area contributed by atoms with Gasteiger partial charge in [0.1, 0.15) is 12.0 Å². The zero-order chi connectivity index (χ0) is 10.7. The maximum atomic E-state index is 10.6. The number of hydrogen-bond acceptors (Lipinski definition) is 4. The van der Waals surface area contributed by atoms with Crippen molar-refractivity contribution in [3.05, 3.63) is 23.8 Å². The van der Waals surface area contributed by atoms with Crippen molar-refractivity contribution in [3.63, 3.8) is 0 Å². The van der Waals surface area contributed by atoms with Gasteiger partial charge in [-0.3, -0.25) is 4.79 Å². The smallest absolute Gasteiger partial charge is 0.168 e. The second kappa shape index (κ2) is 4.49. The van der Waals surface area contributed by atoms with E-state index >= 15 is 0 Å². The van der Waals surface area contributed by atoms with E-state index in [1.165, 1.54) is 6.33 Å². The first kappa shape index (κ1) is 10.2. The predicted molar refractivity (Wildman–Crippen MR) is 56.9 cm³/mol. The Morgan fingerprint density at radius 2 is 2.13 bits per heavy atom. The first-order valence-electron chi connectivity index (χ1n) is 5.25. The van der Waals surface area contributed by atoms with E-state index < -0.39 is 0 Å². The van der Waals surface area contributed by atoms with Gasteiger partial charge in [0.05, 0.1) is 0 Å². The molecule has 2 rings (SSSR count). The number of likely N-dealkylation sites (tertiary alicyclic amines) is 1. The number of piperidine rings is 1. The van der Waals surface area contributed by atoms with Crippen molar-refractivity contribution in [2.45, 2.75) is 18.8 Å². The summed E-state index contributed by atoms with van der Waals surface area (Å²) in [6.45, 7) is 2.20. The van der Waals surface area contributed by atoms with Crippen molar-refractivity contribution in [2.24, 2.45) is 0 Å². The van der Waals surface area contributed by atoms with E-state index in [-0.39, 0.29) is 0 Å². The summed E-state index contributed by atoms with van der Waals surface area (Å²) in [5.41, 5.74) is 1.50. The maximum Gasteiger partial charge on any atom is 0.168 e. The number of hydrogen-bond donors (Lipinski definition) is 0. The van der Waals surface area contributed by atoms with Crippen LogP contribution in [0.3, 0.4) is 0 Å². The fourth-order valence-corrected chi connectivity index (χ4v) is 1.98. The van der Waals surface area contributed by atoms with Crippen molar-refractivity contribution in [3.8, 4) is 0 Å². The molecule has 4 heteroatoms. The molecule has 1 aliphatic rings. The third-order valence-corrected chi connectivity index (χ3v) is 2.97. The van der Waals surface area contributed by atoms with Crippen LogP contribution in [0.2, 0.25) is 0 Å². The molecule has 4 nitrogen and oxygen atoms in total. The third kappa shape index (κ3) is 2.39. The lowest BCUT2D eigenvalue weighted by atomic mass is 9.93. The number of carbonyl (C=O) groups is 1. The molecule has 0 aliphatic carbocycles. The molecule has 0 unspecified atom stereocenters. The van der Waals surface area contributed by atoms with Crippen LogP contribution in [-0.2, 0) is 0 Å². The largest absolute Gasteiger partial charge is 0.306 e. The second-order valence-corrected chi connectivity index (χ2v) is 4.06. The molecule has 0 radical (unpaired) electrons. The van der Waals surface area contributed by atoms with Crippen LogP contribution < -0.4 is 0 Å².